The van der Waals surface area contributed by atoms with Crippen molar-refractivity contribution >= 4 is 64.1 Å². The zero-order valence-electron chi connectivity index (χ0n) is 13.4. The predicted octanol–water partition coefficient (Wildman–Crippen LogP) is 3.84. The molecule has 2 aromatic rings. The van der Waals surface area contributed by atoms with E-state index in [1.54, 1.807) is 12.1 Å². The molecule has 1 saturated heterocycles. The Kier molecular flexibility index (Phi) is 5.00. The van der Waals surface area contributed by atoms with Crippen molar-refractivity contribution in [3.8, 4) is 5.75 Å². The van der Waals surface area contributed by atoms with Gasteiger partial charge >= 0.3 is 0 Å². The number of thiocarbonyl (C=S) groups is 1. The number of phenolic OH excluding ortho intramolecular Hbond substituents is 1. The smallest absolute Gasteiger partial charge is 0.270 e. The van der Waals surface area contributed by atoms with Gasteiger partial charge in [0.25, 0.3) is 11.8 Å². The molecular weight excluding hydrogens is 395 g/mol. The van der Waals surface area contributed by atoms with E-state index < -0.39 is 11.8 Å². The molecule has 0 aliphatic carbocycles. The topological polar surface area (TPSA) is 69.6 Å². The first-order chi connectivity index (χ1) is 12.3. The van der Waals surface area contributed by atoms with Gasteiger partial charge in [-0.2, -0.15) is 0 Å². The normalized spacial score (nSPS) is 16.2. The molecule has 2 aromatic carbocycles. The van der Waals surface area contributed by atoms with Crippen LogP contribution < -0.4 is 10.2 Å². The van der Waals surface area contributed by atoms with E-state index >= 15 is 0 Å². The Morgan fingerprint density at radius 3 is 2.58 bits per heavy atom. The van der Waals surface area contributed by atoms with Crippen molar-refractivity contribution in [2.24, 2.45) is 0 Å². The molecule has 0 atom stereocenters. The van der Waals surface area contributed by atoms with Gasteiger partial charge < -0.3 is 5.11 Å². The molecule has 0 bridgehead atoms. The van der Waals surface area contributed by atoms with Crippen LogP contribution in [0.25, 0.3) is 6.08 Å². The minimum absolute atomic E-state index is 0.0132. The highest BCUT2D eigenvalue weighted by molar-refractivity contribution is 7.80. The molecule has 0 unspecified atom stereocenters. The number of carbonyl (C=O) groups excluding carboxylic acids is 2. The molecule has 3 rings (SSSR count). The molecule has 1 heterocycles. The summed E-state index contributed by atoms with van der Waals surface area (Å²) in [7, 11) is 0. The summed E-state index contributed by atoms with van der Waals surface area (Å²) in [5.41, 5.74) is 1.32. The zero-order valence-corrected chi connectivity index (χ0v) is 15.7. The van der Waals surface area contributed by atoms with Gasteiger partial charge in [-0.15, -0.1) is 0 Å². The van der Waals surface area contributed by atoms with E-state index in [9.17, 15) is 14.7 Å². The third-order valence-corrected chi connectivity index (χ3v) is 4.61. The molecule has 0 saturated carbocycles. The van der Waals surface area contributed by atoms with Crippen LogP contribution in [0, 0.1) is 6.92 Å². The van der Waals surface area contributed by atoms with Crippen LogP contribution in [0.5, 0.6) is 5.75 Å². The molecule has 5 nitrogen and oxygen atoms in total. The van der Waals surface area contributed by atoms with Crippen molar-refractivity contribution in [1.29, 1.82) is 0 Å². The van der Waals surface area contributed by atoms with Gasteiger partial charge in [-0.25, -0.2) is 0 Å². The molecular formula is C18H12Cl2N2O3S. The van der Waals surface area contributed by atoms with Gasteiger partial charge in [0.1, 0.15) is 11.3 Å². The number of nitrogens with one attached hydrogen (secondary N) is 1. The average Bonchev–Trinajstić information content (AvgIpc) is 2.57. The van der Waals surface area contributed by atoms with Gasteiger partial charge in [0.2, 0.25) is 0 Å². The lowest BCUT2D eigenvalue weighted by Crippen LogP contribution is -2.54. The van der Waals surface area contributed by atoms with E-state index in [2.05, 4.69) is 5.32 Å². The van der Waals surface area contributed by atoms with Crippen LogP contribution in [0.15, 0.2) is 42.0 Å². The minimum atomic E-state index is -0.666. The first-order valence-corrected chi connectivity index (χ1v) is 8.61. The first-order valence-electron chi connectivity index (χ1n) is 7.44. The van der Waals surface area contributed by atoms with Crippen LogP contribution >= 0.6 is 35.4 Å². The summed E-state index contributed by atoms with van der Waals surface area (Å²) in [6, 6.07) is 9.91. The van der Waals surface area contributed by atoms with Gasteiger partial charge in [0, 0.05) is 10.6 Å². The summed E-state index contributed by atoms with van der Waals surface area (Å²) in [5.74, 6) is -1.55. The number of phenols is 1. The van der Waals surface area contributed by atoms with Crippen molar-refractivity contribution in [3.05, 3.63) is 63.1 Å². The zero-order chi connectivity index (χ0) is 19.0. The highest BCUT2D eigenvalue weighted by Crippen LogP contribution is 2.33. The lowest BCUT2D eigenvalue weighted by atomic mass is 10.1. The van der Waals surface area contributed by atoms with Crippen molar-refractivity contribution in [1.82, 2.24) is 5.32 Å². The molecule has 26 heavy (non-hydrogen) atoms. The third-order valence-electron chi connectivity index (χ3n) is 3.82. The Bertz CT molecular complexity index is 988. The fraction of sp³-hybridized carbons (Fsp3) is 0.0556. The number of hydrogen-bond acceptors (Lipinski definition) is 4. The molecule has 2 amide bonds. The number of carbonyl (C=O) groups is 2. The molecule has 1 aliphatic heterocycles. The summed E-state index contributed by atoms with van der Waals surface area (Å²) in [5, 5.41) is 12.8. The van der Waals surface area contributed by atoms with Crippen LogP contribution in [-0.4, -0.2) is 22.0 Å². The predicted molar refractivity (Wildman–Crippen MR) is 106 cm³/mol. The molecule has 132 valence electrons. The molecule has 1 aliphatic rings. The number of rotatable bonds is 2. The van der Waals surface area contributed by atoms with E-state index in [0.717, 1.165) is 5.56 Å². The van der Waals surface area contributed by atoms with Crippen LogP contribution in [0.4, 0.5) is 5.69 Å². The molecule has 1 fully saturated rings. The second-order valence-electron chi connectivity index (χ2n) is 5.57. The average molecular weight is 407 g/mol. The number of aromatic hydroxyl groups is 1. The van der Waals surface area contributed by atoms with E-state index in [1.165, 1.54) is 23.1 Å². The standard InChI is InChI=1S/C18H12Cl2N2O3S/c1-9-4-2-3-5-14(9)22-17(25)12(16(24)21-18(22)26)7-10-6-11(19)8-13(20)15(10)23/h2-8,23H,1H3,(H,21,24,26)/b12-7-. The van der Waals surface area contributed by atoms with Gasteiger partial charge in [-0.3, -0.25) is 19.8 Å². The summed E-state index contributed by atoms with van der Waals surface area (Å²) < 4.78 is 0. The quantitative estimate of drug-likeness (QED) is 0.451. The SMILES string of the molecule is Cc1ccccc1N1C(=O)/C(=C\c2cc(Cl)cc(Cl)c2O)C(=O)NC1=S. The Morgan fingerprint density at radius 1 is 1.19 bits per heavy atom. The third kappa shape index (κ3) is 3.31. The second-order valence-corrected chi connectivity index (χ2v) is 6.80. The van der Waals surface area contributed by atoms with Crippen molar-refractivity contribution in [2.45, 2.75) is 6.92 Å². The maximum atomic E-state index is 12.9. The number of hydrogen-bond donors (Lipinski definition) is 2. The fourth-order valence-corrected chi connectivity index (χ4v) is 3.33. The van der Waals surface area contributed by atoms with E-state index in [-0.39, 0.29) is 32.0 Å². The van der Waals surface area contributed by atoms with Gasteiger partial charge in [0.15, 0.2) is 5.11 Å². The first kappa shape index (κ1) is 18.4. The summed E-state index contributed by atoms with van der Waals surface area (Å²) in [4.78, 5) is 26.5. The van der Waals surface area contributed by atoms with Crippen LogP contribution in [-0.2, 0) is 9.59 Å². The molecule has 8 heteroatoms. The number of nitrogens with zero attached hydrogens (tertiary/aromatic N) is 1. The molecule has 0 spiro atoms. The molecule has 0 aromatic heterocycles. The monoisotopic (exact) mass is 406 g/mol. The summed E-state index contributed by atoms with van der Waals surface area (Å²) in [6.07, 6.45) is 1.23. The Balaban J connectivity index is 2.11. The highest BCUT2D eigenvalue weighted by atomic mass is 35.5. The summed E-state index contributed by atoms with van der Waals surface area (Å²) >= 11 is 17.0. The van der Waals surface area contributed by atoms with Crippen LogP contribution in [0.3, 0.4) is 0 Å². The fourth-order valence-electron chi connectivity index (χ4n) is 2.54. The van der Waals surface area contributed by atoms with Crippen molar-refractivity contribution in [3.63, 3.8) is 0 Å². The Morgan fingerprint density at radius 2 is 1.88 bits per heavy atom. The number of benzene rings is 2. The van der Waals surface area contributed by atoms with Crippen molar-refractivity contribution in [2.75, 3.05) is 4.90 Å². The van der Waals surface area contributed by atoms with Crippen LogP contribution in [0.2, 0.25) is 10.0 Å². The lowest BCUT2D eigenvalue weighted by Gasteiger charge is -2.30. The second kappa shape index (κ2) is 7.07. The largest absolute Gasteiger partial charge is 0.506 e. The van der Waals surface area contributed by atoms with E-state index in [0.29, 0.717) is 5.69 Å². The number of para-hydroxylation sites is 1. The Labute approximate surface area is 164 Å². The minimum Gasteiger partial charge on any atom is -0.506 e. The van der Waals surface area contributed by atoms with E-state index in [4.69, 9.17) is 35.4 Å². The number of aryl methyl sites for hydroxylation is 1. The van der Waals surface area contributed by atoms with Gasteiger partial charge in [-0.05, 0) is 49.0 Å². The molecule has 2 N–H and O–H groups in total. The summed E-state index contributed by atoms with van der Waals surface area (Å²) in [6.45, 7) is 1.83. The lowest BCUT2D eigenvalue weighted by molar-refractivity contribution is -0.122. The maximum Gasteiger partial charge on any atom is 0.270 e. The van der Waals surface area contributed by atoms with E-state index in [1.807, 2.05) is 19.1 Å². The highest BCUT2D eigenvalue weighted by Gasteiger charge is 2.35. The number of amides is 2. The Hall–Kier alpha value is -2.41. The van der Waals surface area contributed by atoms with Crippen LogP contribution in [0.1, 0.15) is 11.1 Å². The van der Waals surface area contributed by atoms with Gasteiger partial charge in [0.05, 0.1) is 10.7 Å². The number of anilines is 1. The molecule has 0 radical (unpaired) electrons. The number of halogens is 2. The van der Waals surface area contributed by atoms with Gasteiger partial charge in [-0.1, -0.05) is 41.4 Å². The van der Waals surface area contributed by atoms with Crippen molar-refractivity contribution < 1.29 is 14.7 Å². The maximum absolute atomic E-state index is 12.9.